The topological polar surface area (TPSA) is 67.3 Å². The van der Waals surface area contributed by atoms with E-state index in [1.807, 2.05) is 0 Å². The smallest absolute Gasteiger partial charge is 0.218 e. The normalized spacial score (nSPS) is 24.4. The lowest BCUT2D eigenvalue weighted by atomic mass is 10.1. The molecule has 1 aromatic heterocycles. The average molecular weight is 223 g/mol. The highest BCUT2D eigenvalue weighted by atomic mass is 16.5. The van der Waals surface area contributed by atoms with Crippen molar-refractivity contribution >= 4 is 5.82 Å². The number of rotatable bonds is 4. The molecule has 1 fully saturated rings. The number of aliphatic hydroxyl groups excluding tert-OH is 1. The van der Waals surface area contributed by atoms with Gasteiger partial charge < -0.3 is 15.2 Å². The van der Waals surface area contributed by atoms with Crippen LogP contribution in [0.4, 0.5) is 5.82 Å². The van der Waals surface area contributed by atoms with Crippen molar-refractivity contribution in [3.05, 3.63) is 12.4 Å². The highest BCUT2D eigenvalue weighted by Crippen LogP contribution is 2.25. The lowest BCUT2D eigenvalue weighted by Gasteiger charge is -2.15. The molecule has 2 N–H and O–H groups in total. The van der Waals surface area contributed by atoms with Gasteiger partial charge >= 0.3 is 0 Å². The fourth-order valence-electron chi connectivity index (χ4n) is 2.04. The van der Waals surface area contributed by atoms with Gasteiger partial charge in [-0.25, -0.2) is 9.97 Å². The molecule has 1 heterocycles. The molecule has 0 radical (unpaired) electrons. The number of hydrogen-bond acceptors (Lipinski definition) is 5. The van der Waals surface area contributed by atoms with Crippen LogP contribution in [0.1, 0.15) is 19.3 Å². The Hall–Kier alpha value is -1.36. The standard InChI is InChI=1S/C11H17N3O2/c1-16-11-5-10(13-7-14-11)12-6-8-3-2-4-9(8)15/h5,7-9,15H,2-4,6H2,1H3,(H,12,13,14). The van der Waals surface area contributed by atoms with Gasteiger partial charge in [-0.15, -0.1) is 0 Å². The molecule has 0 aromatic carbocycles. The van der Waals surface area contributed by atoms with Crippen molar-refractivity contribution in [1.82, 2.24) is 9.97 Å². The fourth-order valence-corrected chi connectivity index (χ4v) is 2.04. The molecule has 5 heteroatoms. The van der Waals surface area contributed by atoms with Crippen LogP contribution in [0.25, 0.3) is 0 Å². The molecule has 0 bridgehead atoms. The molecule has 2 rings (SSSR count). The predicted octanol–water partition coefficient (Wildman–Crippen LogP) is 1.06. The molecule has 1 aliphatic rings. The first-order valence-electron chi connectivity index (χ1n) is 5.57. The Morgan fingerprint density at radius 2 is 2.38 bits per heavy atom. The fraction of sp³-hybridized carbons (Fsp3) is 0.636. The van der Waals surface area contributed by atoms with Gasteiger partial charge in [0.2, 0.25) is 5.88 Å². The Morgan fingerprint density at radius 1 is 1.50 bits per heavy atom. The molecule has 1 saturated carbocycles. The molecular formula is C11H17N3O2. The maximum atomic E-state index is 9.67. The minimum atomic E-state index is -0.170. The summed E-state index contributed by atoms with van der Waals surface area (Å²) in [6.45, 7) is 0.751. The highest BCUT2D eigenvalue weighted by Gasteiger charge is 2.24. The molecule has 2 atom stereocenters. The lowest BCUT2D eigenvalue weighted by molar-refractivity contribution is 0.138. The third kappa shape index (κ3) is 2.61. The Morgan fingerprint density at radius 3 is 3.06 bits per heavy atom. The number of ether oxygens (including phenoxy) is 1. The molecule has 0 saturated heterocycles. The van der Waals surface area contributed by atoms with Crippen molar-refractivity contribution in [3.8, 4) is 5.88 Å². The zero-order valence-electron chi connectivity index (χ0n) is 9.39. The Bertz CT molecular complexity index is 346. The van der Waals surface area contributed by atoms with Gasteiger partial charge in [-0.1, -0.05) is 6.42 Å². The number of aliphatic hydroxyl groups is 1. The van der Waals surface area contributed by atoms with Crippen LogP contribution in [0.15, 0.2) is 12.4 Å². The van der Waals surface area contributed by atoms with E-state index in [9.17, 15) is 5.11 Å². The molecule has 2 unspecified atom stereocenters. The molecular weight excluding hydrogens is 206 g/mol. The highest BCUT2D eigenvalue weighted by molar-refractivity contribution is 5.37. The summed E-state index contributed by atoms with van der Waals surface area (Å²) in [4.78, 5) is 8.02. The van der Waals surface area contributed by atoms with E-state index in [0.29, 0.717) is 11.8 Å². The van der Waals surface area contributed by atoms with Gasteiger partial charge in [0.1, 0.15) is 12.1 Å². The van der Waals surface area contributed by atoms with Gasteiger partial charge in [0.15, 0.2) is 0 Å². The maximum absolute atomic E-state index is 9.67. The van der Waals surface area contributed by atoms with Crippen molar-refractivity contribution in [2.45, 2.75) is 25.4 Å². The van der Waals surface area contributed by atoms with Crippen LogP contribution in [0.3, 0.4) is 0 Å². The van der Waals surface area contributed by atoms with Crippen LogP contribution >= 0.6 is 0 Å². The van der Waals surface area contributed by atoms with Crippen LogP contribution in [-0.4, -0.2) is 34.8 Å². The van der Waals surface area contributed by atoms with Crippen molar-refractivity contribution in [3.63, 3.8) is 0 Å². The van der Waals surface area contributed by atoms with Crippen LogP contribution in [0.2, 0.25) is 0 Å². The van der Waals surface area contributed by atoms with Gasteiger partial charge in [0.05, 0.1) is 13.2 Å². The number of hydrogen-bond donors (Lipinski definition) is 2. The predicted molar refractivity (Wildman–Crippen MR) is 60.4 cm³/mol. The molecule has 0 aliphatic heterocycles. The number of nitrogens with zero attached hydrogens (tertiary/aromatic N) is 2. The maximum Gasteiger partial charge on any atom is 0.218 e. The second-order valence-corrected chi connectivity index (χ2v) is 4.08. The quantitative estimate of drug-likeness (QED) is 0.798. The second kappa shape index (κ2) is 5.12. The molecule has 16 heavy (non-hydrogen) atoms. The zero-order chi connectivity index (χ0) is 11.4. The van der Waals surface area contributed by atoms with E-state index in [4.69, 9.17) is 4.74 Å². The summed E-state index contributed by atoms with van der Waals surface area (Å²) in [5.41, 5.74) is 0. The lowest BCUT2D eigenvalue weighted by Crippen LogP contribution is -2.22. The van der Waals surface area contributed by atoms with Gasteiger partial charge in [-0.05, 0) is 12.8 Å². The summed E-state index contributed by atoms with van der Waals surface area (Å²) >= 11 is 0. The first kappa shape index (κ1) is 11.1. The summed E-state index contributed by atoms with van der Waals surface area (Å²) in [5.74, 6) is 1.62. The summed E-state index contributed by atoms with van der Waals surface area (Å²) in [5, 5.41) is 12.9. The SMILES string of the molecule is COc1cc(NCC2CCCC2O)ncn1. The molecule has 5 nitrogen and oxygen atoms in total. The van der Waals surface area contributed by atoms with E-state index in [-0.39, 0.29) is 6.10 Å². The summed E-state index contributed by atoms with van der Waals surface area (Å²) in [7, 11) is 1.58. The third-order valence-electron chi connectivity index (χ3n) is 3.02. The van der Waals surface area contributed by atoms with E-state index in [0.717, 1.165) is 31.6 Å². The van der Waals surface area contributed by atoms with E-state index >= 15 is 0 Å². The summed E-state index contributed by atoms with van der Waals surface area (Å²) in [6, 6.07) is 1.75. The van der Waals surface area contributed by atoms with E-state index < -0.39 is 0 Å². The summed E-state index contributed by atoms with van der Waals surface area (Å²) in [6.07, 6.45) is 4.40. The zero-order valence-corrected chi connectivity index (χ0v) is 9.39. The molecule has 1 aliphatic carbocycles. The van der Waals surface area contributed by atoms with Crippen LogP contribution in [-0.2, 0) is 0 Å². The molecule has 1 aromatic rings. The van der Waals surface area contributed by atoms with Crippen molar-refractivity contribution in [2.75, 3.05) is 19.0 Å². The Kier molecular flexibility index (Phi) is 3.56. The van der Waals surface area contributed by atoms with Crippen molar-refractivity contribution in [2.24, 2.45) is 5.92 Å². The average Bonchev–Trinajstić information content (AvgIpc) is 2.72. The van der Waals surface area contributed by atoms with E-state index in [2.05, 4.69) is 15.3 Å². The first-order chi connectivity index (χ1) is 7.79. The van der Waals surface area contributed by atoms with Crippen LogP contribution in [0, 0.1) is 5.92 Å². The van der Waals surface area contributed by atoms with Crippen LogP contribution in [0.5, 0.6) is 5.88 Å². The van der Waals surface area contributed by atoms with Gasteiger partial charge in [0.25, 0.3) is 0 Å². The van der Waals surface area contributed by atoms with Crippen LogP contribution < -0.4 is 10.1 Å². The second-order valence-electron chi connectivity index (χ2n) is 4.08. The number of anilines is 1. The molecule has 0 amide bonds. The Balaban J connectivity index is 1.88. The van der Waals surface area contributed by atoms with Gasteiger partial charge in [-0.2, -0.15) is 0 Å². The Labute approximate surface area is 94.9 Å². The monoisotopic (exact) mass is 223 g/mol. The minimum Gasteiger partial charge on any atom is -0.481 e. The van der Waals surface area contributed by atoms with E-state index in [1.165, 1.54) is 6.33 Å². The minimum absolute atomic E-state index is 0.170. The third-order valence-corrected chi connectivity index (χ3v) is 3.02. The molecule has 0 spiro atoms. The van der Waals surface area contributed by atoms with Crippen molar-refractivity contribution in [1.29, 1.82) is 0 Å². The van der Waals surface area contributed by atoms with E-state index in [1.54, 1.807) is 13.2 Å². The van der Waals surface area contributed by atoms with Crippen molar-refractivity contribution < 1.29 is 9.84 Å². The first-order valence-corrected chi connectivity index (χ1v) is 5.57. The number of methoxy groups -OCH3 is 1. The van der Waals surface area contributed by atoms with Gasteiger partial charge in [-0.3, -0.25) is 0 Å². The van der Waals surface area contributed by atoms with Gasteiger partial charge in [0, 0.05) is 18.5 Å². The molecule has 88 valence electrons. The number of nitrogens with one attached hydrogen (secondary N) is 1. The number of aromatic nitrogens is 2. The largest absolute Gasteiger partial charge is 0.481 e. The summed E-state index contributed by atoms with van der Waals surface area (Å²) < 4.78 is 5.01.